The van der Waals surface area contributed by atoms with Crippen LogP contribution >= 0.6 is 0 Å². The molecule has 0 aliphatic carbocycles. The van der Waals surface area contributed by atoms with Gasteiger partial charge in [0.2, 0.25) is 0 Å². The fourth-order valence-corrected chi connectivity index (χ4v) is 4.57. The first-order chi connectivity index (χ1) is 15.8. The first-order valence-corrected chi connectivity index (χ1v) is 10.9. The van der Waals surface area contributed by atoms with Gasteiger partial charge in [0.25, 0.3) is 5.91 Å². The molecular formula is C27H24N2O4. The van der Waals surface area contributed by atoms with E-state index < -0.39 is 29.1 Å². The number of nitrogens with zero attached hydrogens (tertiary/aromatic N) is 2. The maximum atomic E-state index is 14.3. The molecule has 0 radical (unpaired) electrons. The van der Waals surface area contributed by atoms with Crippen LogP contribution in [0.25, 0.3) is 0 Å². The van der Waals surface area contributed by atoms with Crippen LogP contribution in [0.1, 0.15) is 43.6 Å². The van der Waals surface area contributed by atoms with E-state index in [-0.39, 0.29) is 0 Å². The molecule has 0 saturated heterocycles. The Hall–Kier alpha value is -3.93. The predicted octanol–water partition coefficient (Wildman–Crippen LogP) is 5.38. The minimum atomic E-state index is -1.34. The van der Waals surface area contributed by atoms with Gasteiger partial charge in [0.1, 0.15) is 11.3 Å². The standard InChI is InChI=1S/C27H24N2O4/c1-26(2,3)32-25(31)29-21-17-11-10-16-20(21)27(24(29)30)22(18-12-6-4-7-13-18)28-33-23(27)19-14-8-5-9-15-19/h4-17,23H,1-3H3. The van der Waals surface area contributed by atoms with Gasteiger partial charge in [0.05, 0.1) is 5.69 Å². The van der Waals surface area contributed by atoms with E-state index >= 15 is 0 Å². The molecule has 2 heterocycles. The average molecular weight is 440 g/mol. The summed E-state index contributed by atoms with van der Waals surface area (Å²) in [5, 5.41) is 4.43. The van der Waals surface area contributed by atoms with Crippen molar-refractivity contribution in [3.63, 3.8) is 0 Å². The molecule has 0 N–H and O–H groups in total. The summed E-state index contributed by atoms with van der Waals surface area (Å²) in [6.45, 7) is 5.32. The van der Waals surface area contributed by atoms with Crippen molar-refractivity contribution in [2.75, 3.05) is 4.90 Å². The Balaban J connectivity index is 1.75. The molecule has 2 aliphatic heterocycles. The number of fused-ring (bicyclic) bond motifs is 2. The lowest BCUT2D eigenvalue weighted by molar-refractivity contribution is -0.124. The molecule has 0 aromatic heterocycles. The van der Waals surface area contributed by atoms with E-state index in [0.717, 1.165) is 16.0 Å². The molecule has 6 heteroatoms. The number of benzene rings is 3. The molecule has 2 unspecified atom stereocenters. The van der Waals surface area contributed by atoms with Crippen molar-refractivity contribution in [2.45, 2.75) is 37.9 Å². The molecule has 1 spiro atoms. The Kier molecular flexibility index (Phi) is 4.81. The summed E-state index contributed by atoms with van der Waals surface area (Å²) in [6.07, 6.45) is -1.46. The third-order valence-electron chi connectivity index (χ3n) is 5.85. The number of carbonyl (C=O) groups is 2. The Morgan fingerprint density at radius 2 is 1.55 bits per heavy atom. The number of amides is 2. The summed E-state index contributed by atoms with van der Waals surface area (Å²) in [5.74, 6) is -0.438. The Bertz CT molecular complexity index is 1250. The second kappa shape index (κ2) is 7.59. The van der Waals surface area contributed by atoms with Gasteiger partial charge in [-0.1, -0.05) is 84.0 Å². The van der Waals surface area contributed by atoms with Crippen molar-refractivity contribution in [2.24, 2.45) is 5.16 Å². The molecule has 0 saturated carbocycles. The Morgan fingerprint density at radius 3 is 2.21 bits per heavy atom. The summed E-state index contributed by atoms with van der Waals surface area (Å²) < 4.78 is 5.62. The van der Waals surface area contributed by atoms with Crippen molar-refractivity contribution >= 4 is 23.4 Å². The molecule has 6 nitrogen and oxygen atoms in total. The second-order valence-electron chi connectivity index (χ2n) is 9.15. The maximum Gasteiger partial charge on any atom is 0.421 e. The second-order valence-corrected chi connectivity index (χ2v) is 9.15. The number of anilines is 1. The number of hydrogen-bond acceptors (Lipinski definition) is 5. The summed E-state index contributed by atoms with van der Waals surface area (Å²) >= 11 is 0. The van der Waals surface area contributed by atoms with Crippen LogP contribution in [-0.2, 0) is 19.8 Å². The van der Waals surface area contributed by atoms with Gasteiger partial charge in [-0.15, -0.1) is 0 Å². The number of para-hydroxylation sites is 1. The minimum absolute atomic E-state index is 0.438. The van der Waals surface area contributed by atoms with Crippen LogP contribution in [-0.4, -0.2) is 23.3 Å². The van der Waals surface area contributed by atoms with Crippen molar-refractivity contribution in [1.29, 1.82) is 0 Å². The van der Waals surface area contributed by atoms with Gasteiger partial charge in [0.15, 0.2) is 11.5 Å². The minimum Gasteiger partial charge on any atom is -0.443 e. The molecule has 0 bridgehead atoms. The number of carbonyl (C=O) groups excluding carboxylic acids is 2. The lowest BCUT2D eigenvalue weighted by Crippen LogP contribution is -2.50. The molecule has 3 aromatic carbocycles. The summed E-state index contributed by atoms with van der Waals surface area (Å²) in [6, 6.07) is 26.2. The normalized spacial score (nSPS) is 21.5. The average Bonchev–Trinajstić information content (AvgIpc) is 3.32. The van der Waals surface area contributed by atoms with Gasteiger partial charge in [-0.3, -0.25) is 4.79 Å². The van der Waals surface area contributed by atoms with E-state index in [0.29, 0.717) is 17.0 Å². The van der Waals surface area contributed by atoms with Crippen LogP contribution in [0.3, 0.4) is 0 Å². The fourth-order valence-electron chi connectivity index (χ4n) is 4.57. The fraction of sp³-hybridized carbons (Fsp3) is 0.222. The van der Waals surface area contributed by atoms with Gasteiger partial charge in [-0.05, 0) is 32.4 Å². The van der Waals surface area contributed by atoms with Crippen molar-refractivity contribution in [1.82, 2.24) is 0 Å². The molecule has 166 valence electrons. The van der Waals surface area contributed by atoms with Crippen molar-refractivity contribution in [3.05, 3.63) is 102 Å². The van der Waals surface area contributed by atoms with E-state index in [4.69, 9.17) is 9.57 Å². The number of hydrogen-bond donors (Lipinski definition) is 0. The van der Waals surface area contributed by atoms with Crippen LogP contribution in [0.15, 0.2) is 90.1 Å². The Labute approximate surface area is 192 Å². The molecule has 2 amide bonds. The van der Waals surface area contributed by atoms with Gasteiger partial charge in [-0.2, -0.15) is 0 Å². The topological polar surface area (TPSA) is 68.2 Å². The highest BCUT2D eigenvalue weighted by Crippen LogP contribution is 2.55. The highest BCUT2D eigenvalue weighted by molar-refractivity contribution is 6.34. The zero-order valence-corrected chi connectivity index (χ0v) is 18.7. The maximum absolute atomic E-state index is 14.3. The Morgan fingerprint density at radius 1 is 0.939 bits per heavy atom. The number of imide groups is 1. The first-order valence-electron chi connectivity index (χ1n) is 10.9. The quantitative estimate of drug-likeness (QED) is 0.536. The highest BCUT2D eigenvalue weighted by Gasteiger charge is 2.65. The molecule has 5 rings (SSSR count). The van der Waals surface area contributed by atoms with Crippen molar-refractivity contribution < 1.29 is 19.2 Å². The lowest BCUT2D eigenvalue weighted by atomic mass is 9.69. The van der Waals surface area contributed by atoms with E-state index in [2.05, 4.69) is 5.16 Å². The third-order valence-corrected chi connectivity index (χ3v) is 5.85. The first kappa shape index (κ1) is 20.9. The van der Waals surface area contributed by atoms with Gasteiger partial charge in [-0.25, -0.2) is 9.69 Å². The molecule has 33 heavy (non-hydrogen) atoms. The SMILES string of the molecule is CC(C)(C)OC(=O)N1C(=O)C2(C(c3ccccc3)=NOC2c2ccccc2)c2ccccc21. The summed E-state index contributed by atoms with van der Waals surface area (Å²) in [4.78, 5) is 34.7. The smallest absolute Gasteiger partial charge is 0.421 e. The largest absolute Gasteiger partial charge is 0.443 e. The molecular weight excluding hydrogens is 416 g/mol. The zero-order valence-electron chi connectivity index (χ0n) is 18.7. The van der Waals surface area contributed by atoms with Crippen LogP contribution < -0.4 is 4.90 Å². The predicted molar refractivity (Wildman–Crippen MR) is 125 cm³/mol. The number of oxime groups is 1. The van der Waals surface area contributed by atoms with Gasteiger partial charge >= 0.3 is 6.09 Å². The van der Waals surface area contributed by atoms with Crippen LogP contribution in [0.2, 0.25) is 0 Å². The molecule has 2 atom stereocenters. The third kappa shape index (κ3) is 3.21. The van der Waals surface area contributed by atoms with Crippen LogP contribution in [0, 0.1) is 0 Å². The monoisotopic (exact) mass is 440 g/mol. The van der Waals surface area contributed by atoms with Gasteiger partial charge in [0, 0.05) is 11.1 Å². The van der Waals surface area contributed by atoms with Crippen LogP contribution in [0.4, 0.5) is 10.5 Å². The van der Waals surface area contributed by atoms with Gasteiger partial charge < -0.3 is 9.57 Å². The molecule has 3 aromatic rings. The van der Waals surface area contributed by atoms with E-state index in [9.17, 15) is 9.59 Å². The molecule has 0 fully saturated rings. The lowest BCUT2D eigenvalue weighted by Gasteiger charge is -2.30. The van der Waals surface area contributed by atoms with Crippen LogP contribution in [0.5, 0.6) is 0 Å². The molecule has 2 aliphatic rings. The van der Waals surface area contributed by atoms with E-state index in [1.165, 1.54) is 0 Å². The van der Waals surface area contributed by atoms with E-state index in [1.54, 1.807) is 32.9 Å². The number of ether oxygens (including phenoxy) is 1. The number of rotatable bonds is 2. The van der Waals surface area contributed by atoms with Crippen molar-refractivity contribution in [3.8, 4) is 0 Å². The summed E-state index contributed by atoms with van der Waals surface area (Å²) in [5.41, 5.74) is 1.06. The zero-order chi connectivity index (χ0) is 23.2. The summed E-state index contributed by atoms with van der Waals surface area (Å²) in [7, 11) is 0. The highest BCUT2D eigenvalue weighted by atomic mass is 16.6. The van der Waals surface area contributed by atoms with E-state index in [1.807, 2.05) is 72.8 Å².